The Balaban J connectivity index is 2.60. The summed E-state index contributed by atoms with van der Waals surface area (Å²) >= 11 is 0. The van der Waals surface area contributed by atoms with E-state index in [4.69, 9.17) is 4.74 Å². The van der Waals surface area contributed by atoms with E-state index in [9.17, 15) is 9.59 Å². The summed E-state index contributed by atoms with van der Waals surface area (Å²) < 4.78 is 5.40. The fraction of sp³-hybridized carbons (Fsp3) is 0.867. The third-order valence-corrected chi connectivity index (χ3v) is 3.29. The lowest BCUT2D eigenvalue weighted by Crippen LogP contribution is -2.53. The maximum atomic E-state index is 12.3. The van der Waals surface area contributed by atoms with Gasteiger partial charge >= 0.3 is 6.09 Å². The molecule has 1 aliphatic rings. The molecule has 0 aliphatic carbocycles. The molecular weight excluding hydrogens is 270 g/mol. The number of carbonyl (C=O) groups is 2. The summed E-state index contributed by atoms with van der Waals surface area (Å²) in [5.74, 6) is -0.0811. The fourth-order valence-corrected chi connectivity index (χ4v) is 2.26. The minimum atomic E-state index is -0.541. The molecule has 0 spiro atoms. The summed E-state index contributed by atoms with van der Waals surface area (Å²) in [7, 11) is 3.92. The van der Waals surface area contributed by atoms with E-state index < -0.39 is 17.7 Å². The number of amides is 2. The molecule has 6 nitrogen and oxygen atoms in total. The van der Waals surface area contributed by atoms with Gasteiger partial charge in [-0.1, -0.05) is 0 Å². The Kier molecular flexibility index (Phi) is 6.45. The number of carbonyl (C=O) groups excluding carboxylic acids is 2. The fourth-order valence-electron chi connectivity index (χ4n) is 2.26. The number of likely N-dealkylation sites (tertiary alicyclic amines) is 1. The van der Waals surface area contributed by atoms with E-state index in [-0.39, 0.29) is 5.91 Å². The van der Waals surface area contributed by atoms with Crippen LogP contribution in [0.4, 0.5) is 4.79 Å². The van der Waals surface area contributed by atoms with Crippen molar-refractivity contribution in [2.24, 2.45) is 0 Å². The normalized spacial score (nSPS) is 19.5. The van der Waals surface area contributed by atoms with Crippen molar-refractivity contribution in [1.29, 1.82) is 0 Å². The first kappa shape index (κ1) is 17.8. The van der Waals surface area contributed by atoms with Crippen LogP contribution in [0.3, 0.4) is 0 Å². The van der Waals surface area contributed by atoms with Gasteiger partial charge in [-0.05, 0) is 54.1 Å². The van der Waals surface area contributed by atoms with Crippen LogP contribution in [-0.4, -0.2) is 67.2 Å². The van der Waals surface area contributed by atoms with Crippen LogP contribution >= 0.6 is 0 Å². The minimum absolute atomic E-state index is 0.0811. The van der Waals surface area contributed by atoms with E-state index in [1.807, 2.05) is 39.8 Å². The lowest BCUT2D eigenvalue weighted by Gasteiger charge is -2.35. The van der Waals surface area contributed by atoms with Crippen molar-refractivity contribution >= 4 is 12.0 Å². The van der Waals surface area contributed by atoms with Gasteiger partial charge in [-0.2, -0.15) is 0 Å². The molecule has 0 aromatic carbocycles. The van der Waals surface area contributed by atoms with E-state index in [2.05, 4.69) is 5.32 Å². The highest BCUT2D eigenvalue weighted by Gasteiger charge is 2.34. The van der Waals surface area contributed by atoms with Crippen molar-refractivity contribution < 1.29 is 14.3 Å². The minimum Gasteiger partial charge on any atom is -0.444 e. The number of hydrogen-bond donors (Lipinski definition) is 1. The second kappa shape index (κ2) is 7.64. The molecule has 1 aliphatic heterocycles. The van der Waals surface area contributed by atoms with Crippen molar-refractivity contribution in [3.05, 3.63) is 0 Å². The molecule has 2 amide bonds. The lowest BCUT2D eigenvalue weighted by molar-refractivity contribution is -0.127. The highest BCUT2D eigenvalue weighted by Crippen LogP contribution is 2.20. The van der Waals surface area contributed by atoms with Crippen LogP contribution in [-0.2, 0) is 9.53 Å². The van der Waals surface area contributed by atoms with Gasteiger partial charge < -0.3 is 15.0 Å². The number of piperidine rings is 1. The number of rotatable bonds is 4. The lowest BCUT2D eigenvalue weighted by atomic mass is 10.0. The molecule has 0 bridgehead atoms. The van der Waals surface area contributed by atoms with Crippen molar-refractivity contribution in [3.63, 3.8) is 0 Å². The summed E-state index contributed by atoms with van der Waals surface area (Å²) in [5.41, 5.74) is -0.541. The van der Waals surface area contributed by atoms with Gasteiger partial charge in [0, 0.05) is 19.6 Å². The smallest absolute Gasteiger partial charge is 0.410 e. The Bertz CT molecular complexity index is 364. The van der Waals surface area contributed by atoms with Crippen molar-refractivity contribution in [2.75, 3.05) is 33.7 Å². The Morgan fingerprint density at radius 3 is 2.52 bits per heavy atom. The van der Waals surface area contributed by atoms with Crippen LogP contribution in [0, 0.1) is 0 Å². The van der Waals surface area contributed by atoms with Crippen LogP contribution in [0.25, 0.3) is 0 Å². The van der Waals surface area contributed by atoms with E-state index in [0.717, 1.165) is 19.4 Å². The van der Waals surface area contributed by atoms with Gasteiger partial charge in [-0.25, -0.2) is 4.79 Å². The third kappa shape index (κ3) is 6.33. The van der Waals surface area contributed by atoms with Gasteiger partial charge in [0.1, 0.15) is 11.6 Å². The number of likely N-dealkylation sites (N-methyl/N-ethyl adjacent to an activating group) is 1. The number of nitrogens with zero attached hydrogens (tertiary/aromatic N) is 2. The summed E-state index contributed by atoms with van der Waals surface area (Å²) in [6, 6.07) is -0.407. The highest BCUT2D eigenvalue weighted by atomic mass is 16.6. The first-order valence-corrected chi connectivity index (χ1v) is 7.63. The van der Waals surface area contributed by atoms with Crippen molar-refractivity contribution in [3.8, 4) is 0 Å². The second-order valence-electron chi connectivity index (χ2n) is 6.78. The van der Waals surface area contributed by atoms with Crippen LogP contribution in [0.1, 0.15) is 40.0 Å². The molecule has 0 aromatic heterocycles. The molecule has 1 rings (SSSR count). The van der Waals surface area contributed by atoms with Crippen LogP contribution in [0.5, 0.6) is 0 Å². The Hall–Kier alpha value is -1.30. The Morgan fingerprint density at radius 2 is 1.95 bits per heavy atom. The quantitative estimate of drug-likeness (QED) is 0.853. The predicted molar refractivity (Wildman–Crippen MR) is 82.1 cm³/mol. The van der Waals surface area contributed by atoms with E-state index in [1.165, 1.54) is 0 Å². The summed E-state index contributed by atoms with van der Waals surface area (Å²) in [6.07, 6.45) is 2.19. The molecule has 1 fully saturated rings. The maximum absolute atomic E-state index is 12.3. The number of nitrogens with one attached hydrogen (secondary N) is 1. The third-order valence-electron chi connectivity index (χ3n) is 3.29. The molecule has 1 N–H and O–H groups in total. The molecule has 0 aromatic rings. The first-order chi connectivity index (χ1) is 9.70. The zero-order valence-electron chi connectivity index (χ0n) is 13.9. The van der Waals surface area contributed by atoms with Gasteiger partial charge in [-0.3, -0.25) is 9.69 Å². The monoisotopic (exact) mass is 299 g/mol. The van der Waals surface area contributed by atoms with Crippen LogP contribution in [0.15, 0.2) is 0 Å². The second-order valence-corrected chi connectivity index (χ2v) is 6.78. The molecular formula is C15H29N3O3. The van der Waals surface area contributed by atoms with Crippen molar-refractivity contribution in [2.45, 2.75) is 51.7 Å². The van der Waals surface area contributed by atoms with E-state index >= 15 is 0 Å². The van der Waals surface area contributed by atoms with E-state index in [1.54, 1.807) is 4.90 Å². The van der Waals surface area contributed by atoms with Crippen molar-refractivity contribution in [1.82, 2.24) is 15.1 Å². The van der Waals surface area contributed by atoms with Gasteiger partial charge in [0.05, 0.1) is 0 Å². The zero-order chi connectivity index (χ0) is 16.0. The molecule has 0 radical (unpaired) electrons. The van der Waals surface area contributed by atoms with Gasteiger partial charge in [0.2, 0.25) is 5.91 Å². The summed E-state index contributed by atoms with van der Waals surface area (Å²) in [6.45, 7) is 7.46. The average Bonchev–Trinajstić information content (AvgIpc) is 2.36. The van der Waals surface area contributed by atoms with Crippen LogP contribution in [0.2, 0.25) is 0 Å². The number of ether oxygens (including phenoxy) is 1. The van der Waals surface area contributed by atoms with Gasteiger partial charge in [0.25, 0.3) is 0 Å². The molecule has 1 atom stereocenters. The standard InChI is InChI=1S/C15H29N3O3/c1-15(2,3)21-14(20)18-10-7-6-8-12(18)13(19)16-9-11-17(4)5/h12H,6-11H2,1-5H3,(H,16,19)/t12-/m0/s1. The SMILES string of the molecule is CN(C)CCNC(=O)[C@@H]1CCCCN1C(=O)OC(C)(C)C. The Labute approximate surface area is 127 Å². The van der Waals surface area contributed by atoms with Gasteiger partial charge in [0.15, 0.2) is 0 Å². The van der Waals surface area contributed by atoms with Crippen LogP contribution < -0.4 is 5.32 Å². The Morgan fingerprint density at radius 1 is 1.29 bits per heavy atom. The summed E-state index contributed by atoms with van der Waals surface area (Å²) in [4.78, 5) is 28.1. The maximum Gasteiger partial charge on any atom is 0.410 e. The molecule has 0 saturated carbocycles. The van der Waals surface area contributed by atoms with E-state index in [0.29, 0.717) is 19.5 Å². The average molecular weight is 299 g/mol. The number of hydrogen-bond acceptors (Lipinski definition) is 4. The first-order valence-electron chi connectivity index (χ1n) is 7.63. The molecule has 122 valence electrons. The molecule has 21 heavy (non-hydrogen) atoms. The predicted octanol–water partition coefficient (Wildman–Crippen LogP) is 1.45. The summed E-state index contributed by atoms with van der Waals surface area (Å²) in [5, 5.41) is 2.90. The highest BCUT2D eigenvalue weighted by molar-refractivity contribution is 5.85. The van der Waals surface area contributed by atoms with Gasteiger partial charge in [-0.15, -0.1) is 0 Å². The largest absolute Gasteiger partial charge is 0.444 e. The molecule has 0 unspecified atom stereocenters. The zero-order valence-corrected chi connectivity index (χ0v) is 13.9. The molecule has 1 saturated heterocycles. The molecule has 1 heterocycles. The topological polar surface area (TPSA) is 61.9 Å². The molecule has 6 heteroatoms.